The summed E-state index contributed by atoms with van der Waals surface area (Å²) in [5.41, 5.74) is 6.46. The van der Waals surface area contributed by atoms with Crippen LogP contribution in [0.2, 0.25) is 0 Å². The Morgan fingerprint density at radius 3 is 2.67 bits per heavy atom. The van der Waals surface area contributed by atoms with Gasteiger partial charge in [0.2, 0.25) is 5.91 Å². The number of imidazole rings is 1. The molecule has 0 radical (unpaired) electrons. The second-order valence-corrected chi connectivity index (χ2v) is 6.81. The molecule has 3 N–H and O–H groups in total. The number of nitrogens with two attached hydrogens (primary N) is 1. The maximum atomic E-state index is 12.1. The summed E-state index contributed by atoms with van der Waals surface area (Å²) in [5.74, 6) is 0.0948. The van der Waals surface area contributed by atoms with Gasteiger partial charge in [-0.15, -0.1) is 0 Å². The van der Waals surface area contributed by atoms with Crippen LogP contribution in [0.25, 0.3) is 16.7 Å². The fourth-order valence-corrected chi connectivity index (χ4v) is 3.83. The highest BCUT2D eigenvalue weighted by atomic mass is 16.2. The van der Waals surface area contributed by atoms with Crippen molar-refractivity contribution in [1.29, 1.82) is 0 Å². The van der Waals surface area contributed by atoms with Crippen LogP contribution >= 0.6 is 0 Å². The van der Waals surface area contributed by atoms with Gasteiger partial charge in [-0.25, -0.2) is 9.97 Å². The van der Waals surface area contributed by atoms with Crippen molar-refractivity contribution in [2.75, 3.05) is 7.05 Å². The van der Waals surface area contributed by atoms with Crippen LogP contribution < -0.4 is 11.1 Å². The van der Waals surface area contributed by atoms with Gasteiger partial charge in [0.25, 0.3) is 5.91 Å². The van der Waals surface area contributed by atoms with Gasteiger partial charge in [-0.1, -0.05) is 0 Å². The Bertz CT molecular complexity index is 985. The van der Waals surface area contributed by atoms with Crippen molar-refractivity contribution in [3.63, 3.8) is 0 Å². The molecular weight excluding hydrogens is 346 g/mol. The standard InChI is InChI=1S/C18H21N7O2/c1-20-18(27)11-2-4-13(5-3-11)25-16-12(9-22-25)8-14(23-15(16)17(19)26)24-7-6-21-10-24/h6-11,13H,2-5H2,1H3,(H2,19,26)(H,20,27). The van der Waals surface area contributed by atoms with Crippen molar-refractivity contribution in [1.82, 2.24) is 29.6 Å². The molecule has 1 aliphatic rings. The Balaban J connectivity index is 1.71. The molecule has 0 unspecified atom stereocenters. The van der Waals surface area contributed by atoms with Gasteiger partial charge >= 0.3 is 0 Å². The van der Waals surface area contributed by atoms with E-state index < -0.39 is 5.91 Å². The van der Waals surface area contributed by atoms with E-state index in [4.69, 9.17) is 5.73 Å². The molecule has 4 rings (SSSR count). The molecule has 27 heavy (non-hydrogen) atoms. The van der Waals surface area contributed by atoms with Gasteiger partial charge in [0.15, 0.2) is 5.69 Å². The summed E-state index contributed by atoms with van der Waals surface area (Å²) in [7, 11) is 1.66. The molecule has 0 aromatic carbocycles. The van der Waals surface area contributed by atoms with Crippen LogP contribution in [-0.4, -0.2) is 43.2 Å². The minimum absolute atomic E-state index is 0.0367. The van der Waals surface area contributed by atoms with Crippen LogP contribution in [0.4, 0.5) is 0 Å². The maximum Gasteiger partial charge on any atom is 0.269 e. The molecule has 3 heterocycles. The van der Waals surface area contributed by atoms with Gasteiger partial charge in [0, 0.05) is 30.7 Å². The molecular formula is C18H21N7O2. The molecule has 0 aliphatic heterocycles. The summed E-state index contributed by atoms with van der Waals surface area (Å²) in [6.07, 6.45) is 9.95. The molecule has 9 nitrogen and oxygen atoms in total. The van der Waals surface area contributed by atoms with Gasteiger partial charge in [-0.2, -0.15) is 5.10 Å². The van der Waals surface area contributed by atoms with E-state index in [0.29, 0.717) is 11.3 Å². The first-order valence-corrected chi connectivity index (χ1v) is 8.96. The van der Waals surface area contributed by atoms with Crippen LogP contribution in [0.5, 0.6) is 0 Å². The molecule has 0 bridgehead atoms. The average Bonchev–Trinajstić information content (AvgIpc) is 3.36. The molecule has 140 valence electrons. The van der Waals surface area contributed by atoms with Gasteiger partial charge < -0.3 is 11.1 Å². The molecule has 1 fully saturated rings. The Morgan fingerprint density at radius 1 is 1.26 bits per heavy atom. The summed E-state index contributed by atoms with van der Waals surface area (Å²) in [6.45, 7) is 0. The fraction of sp³-hybridized carbons (Fsp3) is 0.389. The van der Waals surface area contributed by atoms with Crippen molar-refractivity contribution in [3.05, 3.63) is 36.7 Å². The number of pyridine rings is 1. The van der Waals surface area contributed by atoms with E-state index in [-0.39, 0.29) is 23.6 Å². The number of nitrogens with one attached hydrogen (secondary N) is 1. The Labute approximate surface area is 155 Å². The monoisotopic (exact) mass is 367 g/mol. The number of carbonyl (C=O) groups excluding carboxylic acids is 2. The van der Waals surface area contributed by atoms with Crippen molar-refractivity contribution >= 4 is 22.7 Å². The maximum absolute atomic E-state index is 12.1. The molecule has 3 aromatic heterocycles. The number of rotatable bonds is 4. The second kappa shape index (κ2) is 6.82. The molecule has 1 saturated carbocycles. The van der Waals surface area contributed by atoms with E-state index in [1.165, 1.54) is 0 Å². The summed E-state index contributed by atoms with van der Waals surface area (Å²) in [4.78, 5) is 32.4. The molecule has 9 heteroatoms. The van der Waals surface area contributed by atoms with E-state index in [1.54, 1.807) is 36.5 Å². The summed E-state index contributed by atoms with van der Waals surface area (Å²) < 4.78 is 3.57. The van der Waals surface area contributed by atoms with Crippen molar-refractivity contribution in [3.8, 4) is 5.82 Å². The highest BCUT2D eigenvalue weighted by Crippen LogP contribution is 2.34. The molecule has 0 atom stereocenters. The Kier molecular flexibility index (Phi) is 4.35. The Hall–Kier alpha value is -3.23. The SMILES string of the molecule is CNC(=O)C1CCC(n2ncc3cc(-n4ccnc4)nc(C(N)=O)c32)CC1. The van der Waals surface area contributed by atoms with E-state index in [0.717, 1.165) is 31.1 Å². The Morgan fingerprint density at radius 2 is 2.04 bits per heavy atom. The quantitative estimate of drug-likeness (QED) is 0.717. The highest BCUT2D eigenvalue weighted by Gasteiger charge is 2.29. The zero-order valence-corrected chi connectivity index (χ0v) is 15.0. The first-order chi connectivity index (χ1) is 13.1. The first-order valence-electron chi connectivity index (χ1n) is 8.96. The number of carbonyl (C=O) groups is 2. The van der Waals surface area contributed by atoms with Crippen LogP contribution in [0, 0.1) is 5.92 Å². The minimum Gasteiger partial charge on any atom is -0.364 e. The summed E-state index contributed by atoms with van der Waals surface area (Å²) >= 11 is 0. The minimum atomic E-state index is -0.595. The van der Waals surface area contributed by atoms with Gasteiger partial charge in [0.1, 0.15) is 17.7 Å². The molecule has 0 spiro atoms. The largest absolute Gasteiger partial charge is 0.364 e. The summed E-state index contributed by atoms with van der Waals surface area (Å²) in [6, 6.07) is 1.98. The normalized spacial score (nSPS) is 19.9. The molecule has 1 aliphatic carbocycles. The van der Waals surface area contributed by atoms with Crippen LogP contribution in [0.15, 0.2) is 31.0 Å². The molecule has 0 saturated heterocycles. The van der Waals surface area contributed by atoms with E-state index in [9.17, 15) is 9.59 Å². The lowest BCUT2D eigenvalue weighted by Crippen LogP contribution is -2.31. The number of primary amides is 1. The average molecular weight is 367 g/mol. The van der Waals surface area contributed by atoms with Crippen molar-refractivity contribution < 1.29 is 9.59 Å². The van der Waals surface area contributed by atoms with E-state index >= 15 is 0 Å². The number of aromatic nitrogens is 5. The topological polar surface area (TPSA) is 121 Å². The van der Waals surface area contributed by atoms with Crippen LogP contribution in [-0.2, 0) is 4.79 Å². The zero-order valence-electron chi connectivity index (χ0n) is 15.0. The third-order valence-electron chi connectivity index (χ3n) is 5.22. The van der Waals surface area contributed by atoms with Crippen molar-refractivity contribution in [2.24, 2.45) is 11.7 Å². The lowest BCUT2D eigenvalue weighted by atomic mass is 9.85. The number of fused-ring (bicyclic) bond motifs is 1. The number of nitrogens with zero attached hydrogens (tertiary/aromatic N) is 5. The third-order valence-corrected chi connectivity index (χ3v) is 5.22. The van der Waals surface area contributed by atoms with Gasteiger partial charge in [0.05, 0.1) is 12.2 Å². The number of hydrogen-bond acceptors (Lipinski definition) is 5. The summed E-state index contributed by atoms with van der Waals surface area (Å²) in [5, 5.41) is 8.04. The zero-order chi connectivity index (χ0) is 19.0. The number of hydrogen-bond donors (Lipinski definition) is 2. The van der Waals surface area contributed by atoms with Gasteiger partial charge in [-0.3, -0.25) is 18.8 Å². The number of amides is 2. The second-order valence-electron chi connectivity index (χ2n) is 6.81. The molecule has 2 amide bonds. The predicted octanol–water partition coefficient (Wildman–Crippen LogP) is 1.19. The predicted molar refractivity (Wildman–Crippen MR) is 98.2 cm³/mol. The fourth-order valence-electron chi connectivity index (χ4n) is 3.83. The smallest absolute Gasteiger partial charge is 0.269 e. The third kappa shape index (κ3) is 3.05. The molecule has 3 aromatic rings. The van der Waals surface area contributed by atoms with E-state index in [1.807, 2.05) is 10.7 Å². The first kappa shape index (κ1) is 17.2. The van der Waals surface area contributed by atoms with Crippen molar-refractivity contribution in [2.45, 2.75) is 31.7 Å². The van der Waals surface area contributed by atoms with Gasteiger partial charge in [-0.05, 0) is 31.7 Å². The highest BCUT2D eigenvalue weighted by molar-refractivity contribution is 6.03. The lowest BCUT2D eigenvalue weighted by molar-refractivity contribution is -0.125. The van der Waals surface area contributed by atoms with E-state index in [2.05, 4.69) is 20.4 Å². The van der Waals surface area contributed by atoms with Crippen LogP contribution in [0.3, 0.4) is 0 Å². The van der Waals surface area contributed by atoms with Crippen LogP contribution in [0.1, 0.15) is 42.2 Å². The lowest BCUT2D eigenvalue weighted by Gasteiger charge is -2.28.